The highest BCUT2D eigenvalue weighted by Gasteiger charge is 2.61. The molecule has 0 saturated heterocycles. The van der Waals surface area contributed by atoms with Gasteiger partial charge in [-0.3, -0.25) is 20.0 Å². The molecule has 1 aliphatic heterocycles. The van der Waals surface area contributed by atoms with Crippen molar-refractivity contribution in [3.8, 4) is 11.1 Å². The van der Waals surface area contributed by atoms with E-state index >= 15 is 0 Å². The average molecular weight is 434 g/mol. The fourth-order valence-corrected chi connectivity index (χ4v) is 4.21. The Bertz CT molecular complexity index is 1040. The Morgan fingerprint density at radius 1 is 1.22 bits per heavy atom. The van der Waals surface area contributed by atoms with E-state index in [1.54, 1.807) is 18.4 Å². The number of hydrazine groups is 2. The number of carboxylic acids is 1. The van der Waals surface area contributed by atoms with Gasteiger partial charge in [-0.15, -0.1) is 5.12 Å². The second kappa shape index (κ2) is 8.84. The fraction of sp³-hybridized carbons (Fsp3) is 0.292. The zero-order chi connectivity index (χ0) is 22.7. The minimum Gasteiger partial charge on any atom is -0.481 e. The zero-order valence-corrected chi connectivity index (χ0v) is 17.9. The summed E-state index contributed by atoms with van der Waals surface area (Å²) in [5.74, 6) is -1.19. The number of nitrogens with zero attached hydrogens (tertiary/aromatic N) is 2. The van der Waals surface area contributed by atoms with Gasteiger partial charge in [0.05, 0.1) is 11.5 Å². The van der Waals surface area contributed by atoms with Crippen LogP contribution in [0.5, 0.6) is 0 Å². The summed E-state index contributed by atoms with van der Waals surface area (Å²) < 4.78 is 0. The van der Waals surface area contributed by atoms with Gasteiger partial charge in [-0.2, -0.15) is 0 Å². The lowest BCUT2D eigenvalue weighted by Gasteiger charge is -2.23. The van der Waals surface area contributed by atoms with Gasteiger partial charge in [-0.05, 0) is 42.7 Å². The molecule has 2 aromatic rings. The van der Waals surface area contributed by atoms with E-state index in [1.807, 2.05) is 42.5 Å². The molecule has 0 aromatic heterocycles. The molecule has 8 nitrogen and oxygen atoms in total. The van der Waals surface area contributed by atoms with Crippen molar-refractivity contribution in [1.82, 2.24) is 21.3 Å². The number of nitrogens with one attached hydrogen (secondary N) is 3. The number of carbonyl (C=O) groups excluding carboxylic acids is 1. The van der Waals surface area contributed by atoms with Crippen LogP contribution < -0.4 is 16.2 Å². The first-order chi connectivity index (χ1) is 15.4. The highest BCUT2D eigenvalue weighted by atomic mass is 16.4. The Hall–Kier alpha value is -3.65. The summed E-state index contributed by atoms with van der Waals surface area (Å²) in [6, 6.07) is 17.5. The molecule has 4 rings (SSSR count). The quantitative estimate of drug-likeness (QED) is 0.452. The Labute approximate surface area is 187 Å². The molecular formula is C24H27N5O3. The van der Waals surface area contributed by atoms with Crippen LogP contribution in [0.1, 0.15) is 18.4 Å². The van der Waals surface area contributed by atoms with Crippen LogP contribution >= 0.6 is 0 Å². The molecule has 4 N–H and O–H groups in total. The number of carboxylic acid groups (broad SMARTS) is 1. The first-order valence-corrected chi connectivity index (χ1v) is 10.5. The second-order valence-electron chi connectivity index (χ2n) is 8.36. The van der Waals surface area contributed by atoms with Crippen molar-refractivity contribution in [2.75, 3.05) is 7.05 Å². The largest absolute Gasteiger partial charge is 0.481 e. The predicted molar refractivity (Wildman–Crippen MR) is 122 cm³/mol. The van der Waals surface area contributed by atoms with Gasteiger partial charge in [0.2, 0.25) is 0 Å². The summed E-state index contributed by atoms with van der Waals surface area (Å²) in [7, 11) is 1.74. The van der Waals surface area contributed by atoms with Gasteiger partial charge in [0.25, 0.3) is 5.91 Å². The van der Waals surface area contributed by atoms with E-state index < -0.39 is 11.4 Å². The lowest BCUT2D eigenvalue weighted by molar-refractivity contribution is -0.144. The van der Waals surface area contributed by atoms with E-state index in [2.05, 4.69) is 40.0 Å². The van der Waals surface area contributed by atoms with Crippen molar-refractivity contribution in [1.29, 1.82) is 0 Å². The van der Waals surface area contributed by atoms with Crippen LogP contribution in [0.3, 0.4) is 0 Å². The number of hydrogen-bond donors (Lipinski definition) is 4. The van der Waals surface area contributed by atoms with Crippen LogP contribution in [0.25, 0.3) is 11.1 Å². The van der Waals surface area contributed by atoms with E-state index in [0.717, 1.165) is 16.7 Å². The molecule has 0 spiro atoms. The van der Waals surface area contributed by atoms with Crippen LogP contribution in [-0.2, 0) is 16.0 Å². The van der Waals surface area contributed by atoms with Crippen molar-refractivity contribution in [3.63, 3.8) is 0 Å². The second-order valence-corrected chi connectivity index (χ2v) is 8.36. The minimum absolute atomic E-state index is 0.286. The van der Waals surface area contributed by atoms with Crippen LogP contribution in [0.4, 0.5) is 0 Å². The Morgan fingerprint density at radius 2 is 1.91 bits per heavy atom. The van der Waals surface area contributed by atoms with Crippen LogP contribution in [0, 0.1) is 5.41 Å². The molecule has 32 heavy (non-hydrogen) atoms. The van der Waals surface area contributed by atoms with Gasteiger partial charge < -0.3 is 15.8 Å². The highest BCUT2D eigenvalue weighted by Crippen LogP contribution is 2.52. The maximum Gasteiger partial charge on any atom is 0.311 e. The van der Waals surface area contributed by atoms with Gasteiger partial charge in [0, 0.05) is 19.3 Å². The molecule has 0 radical (unpaired) electrons. The molecule has 2 aromatic carbocycles. The van der Waals surface area contributed by atoms with E-state index in [9.17, 15) is 14.7 Å². The van der Waals surface area contributed by atoms with Crippen LogP contribution in [0.2, 0.25) is 0 Å². The minimum atomic E-state index is -0.976. The predicted octanol–water partition coefficient (Wildman–Crippen LogP) is 2.11. The molecule has 1 amide bonds. The number of carbonyl (C=O) groups is 2. The van der Waals surface area contributed by atoms with Gasteiger partial charge in [-0.1, -0.05) is 54.6 Å². The van der Waals surface area contributed by atoms with Crippen LogP contribution in [0.15, 0.2) is 71.5 Å². The molecule has 1 heterocycles. The summed E-state index contributed by atoms with van der Waals surface area (Å²) in [6.07, 6.45) is 2.81. The van der Waals surface area contributed by atoms with Gasteiger partial charge in [0.1, 0.15) is 5.70 Å². The molecule has 1 saturated carbocycles. The molecule has 1 unspecified atom stereocenters. The SMILES string of the molecule is C=N[C@@H]1CC1(C[C@@H](Cc1ccc(-c2ccccc2)cc1)NC(=O)C1=CNN(C)N1)C(=O)O. The van der Waals surface area contributed by atoms with Crippen molar-refractivity contribution in [2.24, 2.45) is 10.4 Å². The number of amides is 1. The molecule has 2 aliphatic rings. The Kier molecular flexibility index (Phi) is 5.96. The van der Waals surface area contributed by atoms with E-state index in [4.69, 9.17) is 0 Å². The van der Waals surface area contributed by atoms with E-state index in [0.29, 0.717) is 18.5 Å². The standard InChI is InChI=1S/C24H27N5O3/c1-25-21-14-24(21,23(31)32)13-19(27-22(30)20-15-26-29(2)28-20)12-16-8-10-18(11-9-16)17-6-4-3-5-7-17/h3-11,15,19,21,26,28H,1,12-14H2,2H3,(H,27,30)(H,31,32)/t19-,21-,24?/m1/s1. The molecule has 1 aliphatic carbocycles. The lowest BCUT2D eigenvalue weighted by atomic mass is 9.91. The molecule has 166 valence electrons. The number of rotatable bonds is 9. The van der Waals surface area contributed by atoms with E-state index in [-0.39, 0.29) is 24.4 Å². The Morgan fingerprint density at radius 3 is 2.47 bits per heavy atom. The first-order valence-electron chi connectivity index (χ1n) is 10.5. The summed E-state index contributed by atoms with van der Waals surface area (Å²) in [5, 5.41) is 14.4. The lowest BCUT2D eigenvalue weighted by Crippen LogP contribution is -2.44. The molecule has 1 fully saturated rings. The molecule has 0 bridgehead atoms. The molecule has 8 heteroatoms. The third-order valence-electron chi connectivity index (χ3n) is 6.11. The smallest absolute Gasteiger partial charge is 0.311 e. The van der Waals surface area contributed by atoms with Gasteiger partial charge in [0.15, 0.2) is 0 Å². The summed E-state index contributed by atoms with van der Waals surface area (Å²) in [4.78, 5) is 28.7. The number of aliphatic imine (C=N–C) groups is 1. The summed E-state index contributed by atoms with van der Waals surface area (Å²) in [5.41, 5.74) is 8.41. The maximum atomic E-state index is 12.8. The number of benzene rings is 2. The van der Waals surface area contributed by atoms with Gasteiger partial charge in [-0.25, -0.2) is 0 Å². The third-order valence-corrected chi connectivity index (χ3v) is 6.11. The highest BCUT2D eigenvalue weighted by molar-refractivity contribution is 5.93. The normalized spacial score (nSPS) is 22.8. The third kappa shape index (κ3) is 4.50. The topological polar surface area (TPSA) is 106 Å². The zero-order valence-electron chi connectivity index (χ0n) is 17.9. The Balaban J connectivity index is 1.51. The van der Waals surface area contributed by atoms with Crippen molar-refractivity contribution < 1.29 is 14.7 Å². The fourth-order valence-electron chi connectivity index (χ4n) is 4.21. The molecule has 3 atom stereocenters. The monoisotopic (exact) mass is 433 g/mol. The van der Waals surface area contributed by atoms with Crippen molar-refractivity contribution in [3.05, 3.63) is 72.1 Å². The average Bonchev–Trinajstić information content (AvgIpc) is 3.35. The number of hydrogen-bond acceptors (Lipinski definition) is 6. The summed E-state index contributed by atoms with van der Waals surface area (Å²) in [6.45, 7) is 3.53. The van der Waals surface area contributed by atoms with Crippen molar-refractivity contribution in [2.45, 2.75) is 31.3 Å². The number of aliphatic carboxylic acids is 1. The van der Waals surface area contributed by atoms with Crippen molar-refractivity contribution >= 4 is 18.6 Å². The van der Waals surface area contributed by atoms with Crippen LogP contribution in [-0.4, -0.2) is 47.9 Å². The van der Waals surface area contributed by atoms with Gasteiger partial charge >= 0.3 is 5.97 Å². The van der Waals surface area contributed by atoms with E-state index in [1.165, 1.54) is 0 Å². The summed E-state index contributed by atoms with van der Waals surface area (Å²) >= 11 is 0. The molecular weight excluding hydrogens is 406 g/mol. The first kappa shape index (κ1) is 21.6. The maximum absolute atomic E-state index is 12.8.